The Labute approximate surface area is 108 Å². The van der Waals surface area contributed by atoms with Gasteiger partial charge in [0.05, 0.1) is 6.54 Å². The van der Waals surface area contributed by atoms with Crippen molar-refractivity contribution in [2.75, 3.05) is 17.2 Å². The maximum Gasteiger partial charge on any atom is 0.237 e. The predicted octanol–water partition coefficient (Wildman–Crippen LogP) is 0.612. The Morgan fingerprint density at radius 3 is 2.89 bits per heavy atom. The number of carbonyl (C=O) groups excluding carboxylic acids is 1. The van der Waals surface area contributed by atoms with Crippen LogP contribution in [0.3, 0.4) is 0 Å². The van der Waals surface area contributed by atoms with Crippen LogP contribution in [0.5, 0.6) is 0 Å². The Kier molecular flexibility index (Phi) is 3.73. The average molecular weight is 263 g/mol. The molecule has 7 heteroatoms. The maximum absolute atomic E-state index is 11.1. The van der Waals surface area contributed by atoms with Crippen molar-refractivity contribution in [1.82, 2.24) is 9.36 Å². The number of primary amides is 1. The number of anilines is 2. The van der Waals surface area contributed by atoms with Crippen molar-refractivity contribution in [3.63, 3.8) is 0 Å². The van der Waals surface area contributed by atoms with E-state index >= 15 is 0 Å². The van der Waals surface area contributed by atoms with Crippen LogP contribution in [0.25, 0.3) is 0 Å². The number of nitrogens with two attached hydrogens (primary N) is 2. The molecule has 0 aliphatic rings. The molecule has 2 rings (SSSR count). The third kappa shape index (κ3) is 3.17. The van der Waals surface area contributed by atoms with Gasteiger partial charge in [0, 0.05) is 23.8 Å². The first-order valence-corrected chi connectivity index (χ1v) is 6.07. The Hall–Kier alpha value is -2.15. The lowest BCUT2D eigenvalue weighted by Gasteiger charge is -2.19. The number of carbonyl (C=O) groups is 1. The molecule has 2 aromatic rings. The van der Waals surface area contributed by atoms with Gasteiger partial charge in [-0.15, -0.1) is 0 Å². The van der Waals surface area contributed by atoms with E-state index in [-0.39, 0.29) is 6.54 Å². The monoisotopic (exact) mass is 263 g/mol. The van der Waals surface area contributed by atoms with Crippen molar-refractivity contribution in [2.24, 2.45) is 5.73 Å². The SMILES string of the molecule is NC(=O)CN(Cc1cccc(N)c1)c1ncns1. The lowest BCUT2D eigenvalue weighted by atomic mass is 10.2. The largest absolute Gasteiger partial charge is 0.399 e. The van der Waals surface area contributed by atoms with E-state index in [2.05, 4.69) is 9.36 Å². The zero-order valence-corrected chi connectivity index (χ0v) is 10.4. The van der Waals surface area contributed by atoms with Crippen molar-refractivity contribution in [3.05, 3.63) is 36.2 Å². The molecule has 0 saturated heterocycles. The first-order chi connectivity index (χ1) is 8.65. The number of aromatic nitrogens is 2. The second kappa shape index (κ2) is 5.46. The lowest BCUT2D eigenvalue weighted by Crippen LogP contribution is -2.33. The van der Waals surface area contributed by atoms with Crippen LogP contribution in [0.15, 0.2) is 30.6 Å². The van der Waals surface area contributed by atoms with Crippen LogP contribution >= 0.6 is 11.5 Å². The molecule has 0 radical (unpaired) electrons. The topological polar surface area (TPSA) is 98.1 Å². The molecule has 0 spiro atoms. The standard InChI is InChI=1S/C11H13N5OS/c12-9-3-1-2-8(4-9)5-16(6-10(13)17)11-14-7-15-18-11/h1-4,7H,5-6,12H2,(H2,13,17). The third-order valence-corrected chi connectivity index (χ3v) is 3.02. The second-order valence-corrected chi connectivity index (χ2v) is 4.55. The van der Waals surface area contributed by atoms with Gasteiger partial charge in [0.2, 0.25) is 11.0 Å². The summed E-state index contributed by atoms with van der Waals surface area (Å²) in [7, 11) is 0. The smallest absolute Gasteiger partial charge is 0.237 e. The van der Waals surface area contributed by atoms with E-state index in [0.29, 0.717) is 17.4 Å². The van der Waals surface area contributed by atoms with Crippen molar-refractivity contribution in [1.29, 1.82) is 0 Å². The minimum atomic E-state index is -0.408. The van der Waals surface area contributed by atoms with E-state index in [9.17, 15) is 4.79 Å². The molecule has 94 valence electrons. The fourth-order valence-electron chi connectivity index (χ4n) is 1.60. The molecule has 0 atom stereocenters. The number of rotatable bonds is 5. The van der Waals surface area contributed by atoms with Crippen LogP contribution < -0.4 is 16.4 Å². The van der Waals surface area contributed by atoms with Gasteiger partial charge < -0.3 is 16.4 Å². The first-order valence-electron chi connectivity index (χ1n) is 5.29. The van der Waals surface area contributed by atoms with E-state index in [0.717, 1.165) is 5.56 Å². The molecule has 0 unspecified atom stereocenters. The molecule has 1 amide bonds. The van der Waals surface area contributed by atoms with Crippen LogP contribution in [-0.4, -0.2) is 21.8 Å². The molecule has 6 nitrogen and oxygen atoms in total. The van der Waals surface area contributed by atoms with E-state index < -0.39 is 5.91 Å². The summed E-state index contributed by atoms with van der Waals surface area (Å²) in [6.45, 7) is 0.618. The maximum atomic E-state index is 11.1. The highest BCUT2D eigenvalue weighted by Gasteiger charge is 2.13. The molecule has 4 N–H and O–H groups in total. The number of nitrogen functional groups attached to an aromatic ring is 1. The van der Waals surface area contributed by atoms with Crippen LogP contribution in [0.2, 0.25) is 0 Å². The molecule has 1 aromatic carbocycles. The Balaban J connectivity index is 2.17. The minimum Gasteiger partial charge on any atom is -0.399 e. The molecule has 18 heavy (non-hydrogen) atoms. The summed E-state index contributed by atoms with van der Waals surface area (Å²) < 4.78 is 3.92. The summed E-state index contributed by atoms with van der Waals surface area (Å²) in [5.74, 6) is -0.408. The number of hydrogen-bond donors (Lipinski definition) is 2. The summed E-state index contributed by atoms with van der Waals surface area (Å²) in [5.41, 5.74) is 12.6. The summed E-state index contributed by atoms with van der Waals surface area (Å²) >= 11 is 1.22. The molecule has 0 aliphatic heterocycles. The van der Waals surface area contributed by atoms with Gasteiger partial charge in [0.15, 0.2) is 0 Å². The van der Waals surface area contributed by atoms with E-state index in [1.807, 2.05) is 24.3 Å². The van der Waals surface area contributed by atoms with Crippen LogP contribution in [-0.2, 0) is 11.3 Å². The molecule has 0 fully saturated rings. The van der Waals surface area contributed by atoms with Gasteiger partial charge in [0.1, 0.15) is 6.33 Å². The van der Waals surface area contributed by atoms with Crippen molar-refractivity contribution < 1.29 is 4.79 Å². The Morgan fingerprint density at radius 1 is 1.44 bits per heavy atom. The zero-order valence-electron chi connectivity index (χ0n) is 9.61. The molecule has 0 bridgehead atoms. The van der Waals surface area contributed by atoms with Crippen molar-refractivity contribution in [3.8, 4) is 0 Å². The molecular formula is C11H13N5OS. The molecule has 1 aromatic heterocycles. The molecular weight excluding hydrogens is 250 g/mol. The normalized spacial score (nSPS) is 10.2. The fourth-order valence-corrected chi connectivity index (χ4v) is 2.13. The molecule has 1 heterocycles. The number of hydrogen-bond acceptors (Lipinski definition) is 6. The van der Waals surface area contributed by atoms with Gasteiger partial charge in [0.25, 0.3) is 0 Å². The van der Waals surface area contributed by atoms with E-state index in [1.165, 1.54) is 17.9 Å². The molecule has 0 saturated carbocycles. The van der Waals surface area contributed by atoms with Gasteiger partial charge in [-0.05, 0) is 17.7 Å². The van der Waals surface area contributed by atoms with Gasteiger partial charge in [-0.2, -0.15) is 4.37 Å². The fraction of sp³-hybridized carbons (Fsp3) is 0.182. The van der Waals surface area contributed by atoms with Gasteiger partial charge in [-0.25, -0.2) is 4.98 Å². The Bertz CT molecular complexity index is 528. The lowest BCUT2D eigenvalue weighted by molar-refractivity contribution is -0.116. The first kappa shape index (κ1) is 12.3. The quantitative estimate of drug-likeness (QED) is 0.770. The number of amides is 1. The molecule has 0 aliphatic carbocycles. The highest BCUT2D eigenvalue weighted by Crippen LogP contribution is 2.18. The minimum absolute atomic E-state index is 0.101. The van der Waals surface area contributed by atoms with E-state index in [1.54, 1.807) is 4.90 Å². The van der Waals surface area contributed by atoms with Gasteiger partial charge in [-0.1, -0.05) is 12.1 Å². The van der Waals surface area contributed by atoms with Crippen molar-refractivity contribution >= 4 is 28.3 Å². The number of nitrogens with zero attached hydrogens (tertiary/aromatic N) is 3. The third-order valence-electron chi connectivity index (χ3n) is 2.29. The highest BCUT2D eigenvalue weighted by atomic mass is 32.1. The zero-order chi connectivity index (χ0) is 13.0. The van der Waals surface area contributed by atoms with Gasteiger partial charge in [-0.3, -0.25) is 4.79 Å². The van der Waals surface area contributed by atoms with Crippen LogP contribution in [0.4, 0.5) is 10.8 Å². The average Bonchev–Trinajstić information content (AvgIpc) is 2.80. The summed E-state index contributed by atoms with van der Waals surface area (Å²) in [5, 5.41) is 0.663. The summed E-state index contributed by atoms with van der Waals surface area (Å²) in [4.78, 5) is 16.9. The number of benzene rings is 1. The van der Waals surface area contributed by atoms with Crippen molar-refractivity contribution in [2.45, 2.75) is 6.54 Å². The summed E-state index contributed by atoms with van der Waals surface area (Å²) in [6, 6.07) is 7.47. The van der Waals surface area contributed by atoms with Crippen LogP contribution in [0.1, 0.15) is 5.56 Å². The second-order valence-electron chi connectivity index (χ2n) is 3.79. The predicted molar refractivity (Wildman–Crippen MR) is 71.0 cm³/mol. The van der Waals surface area contributed by atoms with Gasteiger partial charge >= 0.3 is 0 Å². The Morgan fingerprint density at radius 2 is 2.28 bits per heavy atom. The highest BCUT2D eigenvalue weighted by molar-refractivity contribution is 7.09. The van der Waals surface area contributed by atoms with Crippen LogP contribution in [0, 0.1) is 0 Å². The summed E-state index contributed by atoms with van der Waals surface area (Å²) in [6.07, 6.45) is 1.45. The van der Waals surface area contributed by atoms with E-state index in [4.69, 9.17) is 11.5 Å².